The summed E-state index contributed by atoms with van der Waals surface area (Å²) < 4.78 is 27.4. The van der Waals surface area contributed by atoms with Gasteiger partial charge in [-0.15, -0.1) is 0 Å². The van der Waals surface area contributed by atoms with Gasteiger partial charge in [-0.1, -0.05) is 17.4 Å². The average Bonchev–Trinajstić information content (AvgIpc) is 2.73. The van der Waals surface area contributed by atoms with Gasteiger partial charge in [0.05, 0.1) is 19.8 Å². The van der Waals surface area contributed by atoms with E-state index in [1.807, 2.05) is 0 Å². The molecule has 0 saturated heterocycles. The van der Waals surface area contributed by atoms with E-state index < -0.39 is 14.9 Å². The van der Waals surface area contributed by atoms with Crippen LogP contribution in [0.15, 0.2) is 33.1 Å². The molecule has 2 aromatic rings. The Kier molecular flexibility index (Phi) is 4.06. The fraction of sp³-hybridized carbons (Fsp3) is 0.100. The van der Waals surface area contributed by atoms with Crippen LogP contribution in [-0.2, 0) is 10.0 Å². The van der Waals surface area contributed by atoms with Crippen LogP contribution >= 0.6 is 27.3 Å². The van der Waals surface area contributed by atoms with Crippen molar-refractivity contribution in [1.82, 2.24) is 4.98 Å². The lowest BCUT2D eigenvalue weighted by Crippen LogP contribution is -2.14. The largest absolute Gasteiger partial charge is 0.270 e. The number of benzene rings is 1. The number of sulfonamides is 1. The predicted molar refractivity (Wildman–Crippen MR) is 78.5 cm³/mol. The maximum Gasteiger partial charge on any atom is 0.270 e. The minimum Gasteiger partial charge on any atom is -0.258 e. The molecule has 0 saturated carbocycles. The molecule has 1 N–H and O–H groups in total. The van der Waals surface area contributed by atoms with E-state index in [4.69, 9.17) is 0 Å². The molecule has 0 radical (unpaired) electrons. The zero-order valence-corrected chi connectivity index (χ0v) is 13.3. The van der Waals surface area contributed by atoms with E-state index >= 15 is 0 Å². The molecular weight excluding hydrogens is 370 g/mol. The first-order valence-electron chi connectivity index (χ1n) is 5.19. The Hall–Kier alpha value is -1.52. The Morgan fingerprint density at radius 2 is 2.15 bits per heavy atom. The number of halogens is 1. The van der Waals surface area contributed by atoms with Crippen molar-refractivity contribution in [2.45, 2.75) is 11.8 Å². The van der Waals surface area contributed by atoms with Crippen LogP contribution < -0.4 is 4.72 Å². The number of nitro groups is 1. The summed E-state index contributed by atoms with van der Waals surface area (Å²) in [6.07, 6.45) is 1.46. The number of rotatable bonds is 4. The first-order chi connectivity index (χ1) is 9.29. The summed E-state index contributed by atoms with van der Waals surface area (Å²) in [6, 6.07) is 3.68. The summed E-state index contributed by atoms with van der Waals surface area (Å²) in [5.41, 5.74) is 0.134. The molecule has 0 aliphatic heterocycles. The molecule has 1 heterocycles. The fourth-order valence-corrected chi connectivity index (χ4v) is 4.08. The third kappa shape index (κ3) is 3.14. The number of hydrogen-bond acceptors (Lipinski definition) is 6. The van der Waals surface area contributed by atoms with Gasteiger partial charge >= 0.3 is 0 Å². The summed E-state index contributed by atoms with van der Waals surface area (Å²) in [5.74, 6) is 0. The van der Waals surface area contributed by atoms with E-state index in [9.17, 15) is 18.5 Å². The standard InChI is InChI=1S/C10H8BrN3O4S2/c1-6-2-3-7(14(15)16)4-8(6)20(17,18)13-10-12-5-9(11)19-10/h2-5H,1H3,(H,12,13). The van der Waals surface area contributed by atoms with E-state index in [-0.39, 0.29) is 15.7 Å². The molecule has 10 heteroatoms. The molecule has 106 valence electrons. The van der Waals surface area contributed by atoms with Crippen molar-refractivity contribution < 1.29 is 13.3 Å². The number of thiazole rings is 1. The van der Waals surface area contributed by atoms with Crippen molar-refractivity contribution in [1.29, 1.82) is 0 Å². The quantitative estimate of drug-likeness (QED) is 0.651. The van der Waals surface area contributed by atoms with E-state index in [1.165, 1.54) is 18.3 Å². The fourth-order valence-electron chi connectivity index (χ4n) is 1.46. The van der Waals surface area contributed by atoms with Crippen molar-refractivity contribution >= 4 is 48.1 Å². The van der Waals surface area contributed by atoms with Crippen LogP contribution in [0.25, 0.3) is 0 Å². The van der Waals surface area contributed by atoms with Crippen molar-refractivity contribution in [3.8, 4) is 0 Å². The minimum atomic E-state index is -3.91. The molecule has 0 atom stereocenters. The SMILES string of the molecule is Cc1ccc([N+](=O)[O-])cc1S(=O)(=O)Nc1ncc(Br)s1. The second kappa shape index (κ2) is 5.46. The molecule has 1 aromatic carbocycles. The Morgan fingerprint density at radius 3 is 2.70 bits per heavy atom. The van der Waals surface area contributed by atoms with Crippen molar-refractivity contribution in [3.63, 3.8) is 0 Å². The van der Waals surface area contributed by atoms with Gasteiger partial charge in [-0.2, -0.15) is 0 Å². The molecule has 0 fully saturated rings. The second-order valence-electron chi connectivity index (χ2n) is 3.78. The summed E-state index contributed by atoms with van der Waals surface area (Å²) in [5, 5.41) is 10.9. The molecular formula is C10H8BrN3O4S2. The molecule has 1 aromatic heterocycles. The van der Waals surface area contributed by atoms with Crippen LogP contribution in [0.2, 0.25) is 0 Å². The van der Waals surface area contributed by atoms with Crippen LogP contribution in [0.1, 0.15) is 5.56 Å². The van der Waals surface area contributed by atoms with E-state index in [0.717, 1.165) is 17.4 Å². The van der Waals surface area contributed by atoms with Gasteiger partial charge in [-0.25, -0.2) is 13.4 Å². The molecule has 0 aliphatic carbocycles. The lowest BCUT2D eigenvalue weighted by molar-refractivity contribution is -0.385. The molecule has 7 nitrogen and oxygen atoms in total. The molecule has 0 amide bonds. The van der Waals surface area contributed by atoms with Gasteiger partial charge in [0.1, 0.15) is 0 Å². The molecule has 0 spiro atoms. The van der Waals surface area contributed by atoms with Crippen LogP contribution in [0, 0.1) is 17.0 Å². The van der Waals surface area contributed by atoms with E-state index in [2.05, 4.69) is 25.6 Å². The minimum absolute atomic E-state index is 0.141. The van der Waals surface area contributed by atoms with Gasteiger partial charge in [0, 0.05) is 12.1 Å². The number of nitrogens with one attached hydrogen (secondary N) is 1. The zero-order chi connectivity index (χ0) is 14.9. The van der Waals surface area contributed by atoms with Gasteiger partial charge in [0.25, 0.3) is 15.7 Å². The molecule has 0 aliphatic rings. The van der Waals surface area contributed by atoms with Crippen molar-refractivity contribution in [2.24, 2.45) is 0 Å². The van der Waals surface area contributed by atoms with Crippen LogP contribution in [0.4, 0.5) is 10.8 Å². The number of aryl methyl sites for hydroxylation is 1. The Bertz CT molecular complexity index is 773. The van der Waals surface area contributed by atoms with Gasteiger partial charge in [0.15, 0.2) is 5.13 Å². The summed E-state index contributed by atoms with van der Waals surface area (Å²) in [6.45, 7) is 1.57. The normalized spacial score (nSPS) is 11.3. The zero-order valence-electron chi connectivity index (χ0n) is 10.0. The molecule has 2 rings (SSSR count). The summed E-state index contributed by atoms with van der Waals surface area (Å²) >= 11 is 4.28. The maximum atomic E-state index is 12.2. The number of anilines is 1. The summed E-state index contributed by atoms with van der Waals surface area (Å²) in [7, 11) is -3.91. The van der Waals surface area contributed by atoms with Crippen molar-refractivity contribution in [3.05, 3.63) is 43.9 Å². The lowest BCUT2D eigenvalue weighted by Gasteiger charge is -2.07. The first kappa shape index (κ1) is 14.9. The number of aromatic nitrogens is 1. The highest BCUT2D eigenvalue weighted by Gasteiger charge is 2.21. The highest BCUT2D eigenvalue weighted by atomic mass is 79.9. The van der Waals surface area contributed by atoms with Gasteiger partial charge in [-0.3, -0.25) is 14.8 Å². The summed E-state index contributed by atoms with van der Waals surface area (Å²) in [4.78, 5) is 13.8. The van der Waals surface area contributed by atoms with E-state index in [0.29, 0.717) is 9.35 Å². The smallest absolute Gasteiger partial charge is 0.258 e. The number of hydrogen-bond donors (Lipinski definition) is 1. The third-order valence-electron chi connectivity index (χ3n) is 2.37. The monoisotopic (exact) mass is 377 g/mol. The maximum absolute atomic E-state index is 12.2. The van der Waals surface area contributed by atoms with Gasteiger partial charge < -0.3 is 0 Å². The first-order valence-corrected chi connectivity index (χ1v) is 8.28. The molecule has 0 bridgehead atoms. The van der Waals surface area contributed by atoms with Crippen molar-refractivity contribution in [2.75, 3.05) is 4.72 Å². The van der Waals surface area contributed by atoms with Gasteiger partial charge in [0.2, 0.25) is 0 Å². The highest BCUT2D eigenvalue weighted by Crippen LogP contribution is 2.27. The second-order valence-corrected chi connectivity index (χ2v) is 7.84. The molecule has 20 heavy (non-hydrogen) atoms. The Morgan fingerprint density at radius 1 is 1.45 bits per heavy atom. The highest BCUT2D eigenvalue weighted by molar-refractivity contribution is 9.11. The topological polar surface area (TPSA) is 102 Å². The number of nitrogens with zero attached hydrogens (tertiary/aromatic N) is 2. The number of nitro benzene ring substituents is 1. The van der Waals surface area contributed by atoms with Crippen LogP contribution in [0.5, 0.6) is 0 Å². The predicted octanol–water partition coefficient (Wildman–Crippen LogP) is 2.92. The van der Waals surface area contributed by atoms with E-state index in [1.54, 1.807) is 6.92 Å². The number of non-ortho nitro benzene ring substituents is 1. The van der Waals surface area contributed by atoms with Crippen LogP contribution in [0.3, 0.4) is 0 Å². The lowest BCUT2D eigenvalue weighted by atomic mass is 10.2. The average molecular weight is 378 g/mol. The molecule has 0 unspecified atom stereocenters. The van der Waals surface area contributed by atoms with Gasteiger partial charge in [-0.05, 0) is 28.4 Å². The Labute approximate surface area is 127 Å². The van der Waals surface area contributed by atoms with Crippen LogP contribution in [-0.4, -0.2) is 18.3 Å². The Balaban J connectivity index is 2.43. The third-order valence-corrected chi connectivity index (χ3v) is 5.37.